The fourth-order valence-corrected chi connectivity index (χ4v) is 1.87. The molecule has 1 aliphatic heterocycles. The van der Waals surface area contributed by atoms with Gasteiger partial charge in [0.2, 0.25) is 0 Å². The van der Waals surface area contributed by atoms with Gasteiger partial charge in [-0.05, 0) is 13.8 Å². The molecule has 1 aliphatic rings. The van der Waals surface area contributed by atoms with Gasteiger partial charge in [-0.15, -0.1) is 0 Å². The fraction of sp³-hybridized carbons (Fsp3) is 0.700. The van der Waals surface area contributed by atoms with E-state index in [2.05, 4.69) is 22.3 Å². The summed E-state index contributed by atoms with van der Waals surface area (Å²) in [4.78, 5) is 2.39. The molecule has 2 heterocycles. The lowest BCUT2D eigenvalue weighted by Gasteiger charge is -2.30. The van der Waals surface area contributed by atoms with Gasteiger partial charge in [0.1, 0.15) is 0 Å². The summed E-state index contributed by atoms with van der Waals surface area (Å²) in [5.41, 5.74) is 0.961. The van der Waals surface area contributed by atoms with Crippen LogP contribution in [-0.4, -0.2) is 35.7 Å². The molecule has 0 aromatic carbocycles. The third-order valence-electron chi connectivity index (χ3n) is 2.51. The summed E-state index contributed by atoms with van der Waals surface area (Å²) in [5, 5.41) is 7.30. The summed E-state index contributed by atoms with van der Waals surface area (Å²) in [6.45, 7) is 8.27. The molecule has 0 radical (unpaired) electrons. The van der Waals surface area contributed by atoms with Crippen LogP contribution in [0.15, 0.2) is 10.6 Å². The monoisotopic (exact) mass is 195 g/mol. The van der Waals surface area contributed by atoms with E-state index in [-0.39, 0.29) is 0 Å². The first-order valence-electron chi connectivity index (χ1n) is 5.12. The summed E-state index contributed by atoms with van der Waals surface area (Å²) in [6.07, 6.45) is 0. The molecule has 1 atom stereocenters. The molecular formula is C10H17N3O. The highest BCUT2D eigenvalue weighted by Gasteiger charge is 2.16. The number of rotatable bonds is 2. The minimum atomic E-state index is 0.577. The molecule has 1 N–H and O–H groups in total. The highest BCUT2D eigenvalue weighted by molar-refractivity contribution is 5.03. The molecule has 0 amide bonds. The van der Waals surface area contributed by atoms with Crippen LogP contribution in [0.3, 0.4) is 0 Å². The van der Waals surface area contributed by atoms with Gasteiger partial charge in [-0.25, -0.2) is 0 Å². The zero-order valence-corrected chi connectivity index (χ0v) is 8.79. The Hall–Kier alpha value is -0.870. The summed E-state index contributed by atoms with van der Waals surface area (Å²) in [6, 6.07) is 2.58. The van der Waals surface area contributed by atoms with E-state index in [9.17, 15) is 0 Å². The number of nitrogens with one attached hydrogen (secondary N) is 1. The molecule has 1 aromatic rings. The van der Waals surface area contributed by atoms with Crippen molar-refractivity contribution in [1.29, 1.82) is 0 Å². The van der Waals surface area contributed by atoms with Crippen LogP contribution in [0.1, 0.15) is 18.4 Å². The summed E-state index contributed by atoms with van der Waals surface area (Å²) in [7, 11) is 0. The number of nitrogens with zero attached hydrogens (tertiary/aromatic N) is 2. The van der Waals surface area contributed by atoms with E-state index >= 15 is 0 Å². The number of hydrogen-bond donors (Lipinski definition) is 1. The Morgan fingerprint density at radius 1 is 1.71 bits per heavy atom. The van der Waals surface area contributed by atoms with Gasteiger partial charge in [-0.2, -0.15) is 0 Å². The maximum Gasteiger partial charge on any atom is 0.150 e. The molecule has 0 aliphatic carbocycles. The Morgan fingerprint density at radius 3 is 3.21 bits per heavy atom. The van der Waals surface area contributed by atoms with Crippen LogP contribution in [0.25, 0.3) is 0 Å². The van der Waals surface area contributed by atoms with Crippen molar-refractivity contribution in [2.24, 2.45) is 0 Å². The van der Waals surface area contributed by atoms with Gasteiger partial charge in [-0.3, -0.25) is 4.90 Å². The van der Waals surface area contributed by atoms with Gasteiger partial charge in [0.05, 0.1) is 12.2 Å². The Labute approximate surface area is 84.3 Å². The third-order valence-corrected chi connectivity index (χ3v) is 2.51. The lowest BCUT2D eigenvalue weighted by atomic mass is 10.2. The van der Waals surface area contributed by atoms with Gasteiger partial charge < -0.3 is 9.84 Å². The van der Waals surface area contributed by atoms with E-state index in [1.807, 2.05) is 13.0 Å². The van der Waals surface area contributed by atoms with E-state index < -0.39 is 0 Å². The van der Waals surface area contributed by atoms with Crippen LogP contribution in [0.5, 0.6) is 0 Å². The summed E-state index contributed by atoms with van der Waals surface area (Å²) < 4.78 is 5.19. The van der Waals surface area contributed by atoms with E-state index in [0.717, 1.165) is 37.6 Å². The molecule has 0 spiro atoms. The van der Waals surface area contributed by atoms with Crippen molar-refractivity contribution in [2.45, 2.75) is 26.4 Å². The Bertz CT molecular complexity index is 297. The maximum absolute atomic E-state index is 5.19. The molecule has 0 unspecified atom stereocenters. The summed E-state index contributed by atoms with van der Waals surface area (Å²) >= 11 is 0. The molecule has 0 bridgehead atoms. The molecule has 1 saturated heterocycles. The molecule has 14 heavy (non-hydrogen) atoms. The Morgan fingerprint density at radius 2 is 2.57 bits per heavy atom. The average Bonchev–Trinajstić information content (AvgIpc) is 2.51. The predicted molar refractivity (Wildman–Crippen MR) is 54.0 cm³/mol. The molecule has 1 aromatic heterocycles. The van der Waals surface area contributed by atoms with Crippen molar-refractivity contribution in [3.05, 3.63) is 17.5 Å². The first-order valence-corrected chi connectivity index (χ1v) is 5.12. The van der Waals surface area contributed by atoms with Gasteiger partial charge in [0.15, 0.2) is 5.76 Å². The Kier molecular flexibility index (Phi) is 2.84. The van der Waals surface area contributed by atoms with Crippen LogP contribution in [0.4, 0.5) is 0 Å². The van der Waals surface area contributed by atoms with Crippen LogP contribution in [0.2, 0.25) is 0 Å². The molecule has 78 valence electrons. The standard InChI is InChI=1S/C10H17N3O/c1-8-5-10(14-12-8)7-13-4-3-11-9(2)6-13/h5,9,11H,3-4,6-7H2,1-2H3/t9-/m0/s1. The smallest absolute Gasteiger partial charge is 0.150 e. The number of aryl methyl sites for hydroxylation is 1. The first-order chi connectivity index (χ1) is 6.74. The molecule has 4 heteroatoms. The SMILES string of the molecule is Cc1cc(CN2CCN[C@@H](C)C2)on1. The highest BCUT2D eigenvalue weighted by atomic mass is 16.5. The van der Waals surface area contributed by atoms with Crippen molar-refractivity contribution >= 4 is 0 Å². The Balaban J connectivity index is 1.90. The van der Waals surface area contributed by atoms with E-state index in [1.54, 1.807) is 0 Å². The first kappa shape index (κ1) is 9.68. The lowest BCUT2D eigenvalue weighted by Crippen LogP contribution is -2.48. The minimum Gasteiger partial charge on any atom is -0.360 e. The fourth-order valence-electron chi connectivity index (χ4n) is 1.87. The predicted octanol–water partition coefficient (Wildman–Crippen LogP) is 0.777. The van der Waals surface area contributed by atoms with Gasteiger partial charge in [-0.1, -0.05) is 5.16 Å². The number of piperazine rings is 1. The number of aromatic nitrogens is 1. The molecule has 0 saturated carbocycles. The van der Waals surface area contributed by atoms with Crippen LogP contribution in [-0.2, 0) is 6.54 Å². The van der Waals surface area contributed by atoms with E-state index in [1.165, 1.54) is 0 Å². The van der Waals surface area contributed by atoms with Gasteiger partial charge in [0, 0.05) is 31.7 Å². The normalized spacial score (nSPS) is 24.0. The van der Waals surface area contributed by atoms with Crippen LogP contribution >= 0.6 is 0 Å². The van der Waals surface area contributed by atoms with E-state index in [0.29, 0.717) is 6.04 Å². The van der Waals surface area contributed by atoms with Gasteiger partial charge in [0.25, 0.3) is 0 Å². The quantitative estimate of drug-likeness (QED) is 0.757. The third kappa shape index (κ3) is 2.33. The topological polar surface area (TPSA) is 41.3 Å². The zero-order chi connectivity index (χ0) is 9.97. The van der Waals surface area contributed by atoms with Crippen molar-refractivity contribution in [1.82, 2.24) is 15.4 Å². The van der Waals surface area contributed by atoms with Gasteiger partial charge >= 0.3 is 0 Å². The largest absolute Gasteiger partial charge is 0.360 e. The molecule has 4 nitrogen and oxygen atoms in total. The molecule has 1 fully saturated rings. The van der Waals surface area contributed by atoms with Crippen molar-refractivity contribution in [2.75, 3.05) is 19.6 Å². The minimum absolute atomic E-state index is 0.577. The van der Waals surface area contributed by atoms with Crippen molar-refractivity contribution in [3.8, 4) is 0 Å². The summed E-state index contributed by atoms with van der Waals surface area (Å²) in [5.74, 6) is 0.969. The average molecular weight is 195 g/mol. The second kappa shape index (κ2) is 4.11. The van der Waals surface area contributed by atoms with Crippen LogP contribution in [0, 0.1) is 6.92 Å². The van der Waals surface area contributed by atoms with Crippen molar-refractivity contribution in [3.63, 3.8) is 0 Å². The lowest BCUT2D eigenvalue weighted by molar-refractivity contribution is 0.180. The number of hydrogen-bond acceptors (Lipinski definition) is 4. The highest BCUT2D eigenvalue weighted by Crippen LogP contribution is 2.08. The zero-order valence-electron chi connectivity index (χ0n) is 8.79. The molecular weight excluding hydrogens is 178 g/mol. The van der Waals surface area contributed by atoms with Crippen molar-refractivity contribution < 1.29 is 4.52 Å². The maximum atomic E-state index is 5.19. The second-order valence-electron chi connectivity index (χ2n) is 4.02. The van der Waals surface area contributed by atoms with E-state index in [4.69, 9.17) is 4.52 Å². The van der Waals surface area contributed by atoms with Crippen LogP contribution < -0.4 is 5.32 Å². The molecule has 2 rings (SSSR count). The second-order valence-corrected chi connectivity index (χ2v) is 4.02.